The maximum atomic E-state index is 12.3. The molecular formula is C19H18N6O2. The molecular weight excluding hydrogens is 344 g/mol. The van der Waals surface area contributed by atoms with Gasteiger partial charge < -0.3 is 10.2 Å². The molecule has 0 radical (unpaired) electrons. The van der Waals surface area contributed by atoms with Crippen LogP contribution in [0, 0.1) is 5.92 Å². The van der Waals surface area contributed by atoms with Crippen LogP contribution in [0.3, 0.4) is 0 Å². The number of amides is 2. The summed E-state index contributed by atoms with van der Waals surface area (Å²) in [5.74, 6) is 0.0587. The summed E-state index contributed by atoms with van der Waals surface area (Å²) in [7, 11) is 0. The van der Waals surface area contributed by atoms with Gasteiger partial charge in [-0.15, -0.1) is 5.10 Å². The molecule has 3 aromatic rings. The molecule has 0 atom stereocenters. The van der Waals surface area contributed by atoms with Crippen molar-refractivity contribution in [3.63, 3.8) is 0 Å². The van der Waals surface area contributed by atoms with Crippen molar-refractivity contribution >= 4 is 22.6 Å². The topological polar surface area (TPSA) is 93.0 Å². The number of rotatable bonds is 5. The van der Waals surface area contributed by atoms with E-state index in [4.69, 9.17) is 0 Å². The second kappa shape index (κ2) is 6.99. The third-order valence-corrected chi connectivity index (χ3v) is 4.69. The summed E-state index contributed by atoms with van der Waals surface area (Å²) in [5, 5.41) is 16.8. The third-order valence-electron chi connectivity index (χ3n) is 4.69. The van der Waals surface area contributed by atoms with Gasteiger partial charge in [0.1, 0.15) is 0 Å². The molecule has 2 heterocycles. The number of hydrogen-bond donors (Lipinski definition) is 1. The van der Waals surface area contributed by atoms with E-state index in [1.54, 1.807) is 9.58 Å². The molecule has 1 aliphatic heterocycles. The van der Waals surface area contributed by atoms with Crippen molar-refractivity contribution in [3.05, 3.63) is 60.9 Å². The Morgan fingerprint density at radius 2 is 1.96 bits per heavy atom. The van der Waals surface area contributed by atoms with E-state index in [1.165, 1.54) is 6.08 Å². The molecule has 1 saturated heterocycles. The van der Waals surface area contributed by atoms with Crippen molar-refractivity contribution in [1.82, 2.24) is 30.4 Å². The van der Waals surface area contributed by atoms with Crippen LogP contribution in [0.2, 0.25) is 0 Å². The van der Waals surface area contributed by atoms with Crippen LogP contribution in [-0.4, -0.2) is 50.0 Å². The largest absolute Gasteiger partial charge is 0.348 e. The molecule has 1 aromatic heterocycles. The Morgan fingerprint density at radius 1 is 1.19 bits per heavy atom. The lowest BCUT2D eigenvalue weighted by Gasteiger charge is -2.37. The minimum Gasteiger partial charge on any atom is -0.348 e. The summed E-state index contributed by atoms with van der Waals surface area (Å²) in [6.45, 7) is 4.47. The predicted octanol–water partition coefficient (Wildman–Crippen LogP) is 1.08. The summed E-state index contributed by atoms with van der Waals surface area (Å²) >= 11 is 0. The first-order valence-electron chi connectivity index (χ1n) is 8.62. The molecule has 0 aliphatic carbocycles. The lowest BCUT2D eigenvalue weighted by atomic mass is 9.99. The standard InChI is InChI=1S/C19H18N6O2/c1-2-18(26)24-11-14(12-24)19(27)20-10-17-21-22-23-25(17)16-9-5-7-13-6-3-4-8-15(13)16/h2-9,14H,1,10-12H2,(H,20,27). The number of nitrogens with zero attached hydrogens (tertiary/aromatic N) is 5. The van der Waals surface area contributed by atoms with Crippen molar-refractivity contribution in [1.29, 1.82) is 0 Å². The van der Waals surface area contributed by atoms with Crippen LogP contribution in [-0.2, 0) is 16.1 Å². The van der Waals surface area contributed by atoms with Gasteiger partial charge in [0.05, 0.1) is 18.2 Å². The van der Waals surface area contributed by atoms with Gasteiger partial charge in [-0.3, -0.25) is 9.59 Å². The molecule has 1 aliphatic rings. The Kier molecular flexibility index (Phi) is 4.37. The van der Waals surface area contributed by atoms with E-state index in [1.807, 2.05) is 42.5 Å². The van der Waals surface area contributed by atoms with E-state index in [-0.39, 0.29) is 24.3 Å². The number of carbonyl (C=O) groups excluding carboxylic acids is 2. The van der Waals surface area contributed by atoms with Crippen molar-refractivity contribution in [2.24, 2.45) is 5.92 Å². The highest BCUT2D eigenvalue weighted by atomic mass is 16.2. The van der Waals surface area contributed by atoms with Gasteiger partial charge in [-0.2, -0.15) is 4.68 Å². The Bertz CT molecular complexity index is 1020. The summed E-state index contributed by atoms with van der Waals surface area (Å²) in [6.07, 6.45) is 1.26. The number of fused-ring (bicyclic) bond motifs is 1. The molecule has 8 heteroatoms. The van der Waals surface area contributed by atoms with E-state index in [0.29, 0.717) is 18.9 Å². The number of likely N-dealkylation sites (tertiary alicyclic amines) is 1. The fourth-order valence-electron chi connectivity index (χ4n) is 3.16. The third kappa shape index (κ3) is 3.17. The number of aromatic nitrogens is 4. The minimum absolute atomic E-state index is 0.115. The van der Waals surface area contributed by atoms with E-state index in [9.17, 15) is 9.59 Å². The molecule has 0 spiro atoms. The van der Waals surface area contributed by atoms with E-state index in [0.717, 1.165) is 16.5 Å². The molecule has 2 aromatic carbocycles. The van der Waals surface area contributed by atoms with E-state index >= 15 is 0 Å². The second-order valence-electron chi connectivity index (χ2n) is 6.37. The average molecular weight is 362 g/mol. The maximum absolute atomic E-state index is 12.3. The molecule has 8 nitrogen and oxygen atoms in total. The number of benzene rings is 2. The van der Waals surface area contributed by atoms with Crippen LogP contribution in [0.15, 0.2) is 55.1 Å². The lowest BCUT2D eigenvalue weighted by molar-refractivity contribution is -0.139. The lowest BCUT2D eigenvalue weighted by Crippen LogP contribution is -2.55. The van der Waals surface area contributed by atoms with Crippen LogP contribution in [0.25, 0.3) is 16.5 Å². The van der Waals surface area contributed by atoms with Gasteiger partial charge in [0.15, 0.2) is 5.82 Å². The fraction of sp³-hybridized carbons (Fsp3) is 0.211. The molecule has 1 fully saturated rings. The molecule has 0 unspecified atom stereocenters. The molecule has 27 heavy (non-hydrogen) atoms. The highest BCUT2D eigenvalue weighted by Gasteiger charge is 2.34. The van der Waals surface area contributed by atoms with Gasteiger partial charge in [-0.05, 0) is 28.0 Å². The monoisotopic (exact) mass is 362 g/mol. The van der Waals surface area contributed by atoms with Gasteiger partial charge in [0, 0.05) is 18.5 Å². The van der Waals surface area contributed by atoms with E-state index in [2.05, 4.69) is 27.4 Å². The molecule has 0 bridgehead atoms. The Balaban J connectivity index is 1.46. The van der Waals surface area contributed by atoms with Crippen LogP contribution >= 0.6 is 0 Å². The van der Waals surface area contributed by atoms with Crippen LogP contribution in [0.4, 0.5) is 0 Å². The number of tetrazole rings is 1. The number of hydrogen-bond acceptors (Lipinski definition) is 5. The van der Waals surface area contributed by atoms with Gasteiger partial charge in [0.2, 0.25) is 11.8 Å². The maximum Gasteiger partial charge on any atom is 0.246 e. The molecule has 136 valence electrons. The van der Waals surface area contributed by atoms with Crippen LogP contribution in [0.1, 0.15) is 5.82 Å². The summed E-state index contributed by atoms with van der Waals surface area (Å²) in [4.78, 5) is 25.3. The molecule has 1 N–H and O–H groups in total. The summed E-state index contributed by atoms with van der Waals surface area (Å²) in [5.41, 5.74) is 0.855. The van der Waals surface area contributed by atoms with Crippen LogP contribution in [0.5, 0.6) is 0 Å². The zero-order chi connectivity index (χ0) is 18.8. The highest BCUT2D eigenvalue weighted by Crippen LogP contribution is 2.22. The van der Waals surface area contributed by atoms with Gasteiger partial charge in [-0.25, -0.2) is 0 Å². The molecule has 2 amide bonds. The quantitative estimate of drug-likeness (QED) is 0.686. The van der Waals surface area contributed by atoms with Crippen molar-refractivity contribution in [2.75, 3.05) is 13.1 Å². The van der Waals surface area contributed by atoms with Crippen LogP contribution < -0.4 is 5.32 Å². The van der Waals surface area contributed by atoms with Crippen molar-refractivity contribution < 1.29 is 9.59 Å². The fourth-order valence-corrected chi connectivity index (χ4v) is 3.16. The Hall–Kier alpha value is -3.55. The van der Waals surface area contributed by atoms with E-state index < -0.39 is 0 Å². The smallest absolute Gasteiger partial charge is 0.246 e. The highest BCUT2D eigenvalue weighted by molar-refractivity contribution is 5.91. The molecule has 0 saturated carbocycles. The zero-order valence-electron chi connectivity index (χ0n) is 14.6. The molecule has 4 rings (SSSR count). The van der Waals surface area contributed by atoms with Gasteiger partial charge >= 0.3 is 0 Å². The SMILES string of the molecule is C=CC(=O)N1CC(C(=O)NCc2nnnn2-c2cccc3ccccc23)C1. The average Bonchev–Trinajstić information content (AvgIpc) is 3.13. The first-order chi connectivity index (χ1) is 13.2. The Morgan fingerprint density at radius 3 is 2.78 bits per heavy atom. The normalized spacial score (nSPS) is 14.0. The van der Waals surface area contributed by atoms with Gasteiger partial charge in [-0.1, -0.05) is 43.0 Å². The van der Waals surface area contributed by atoms with Crippen molar-refractivity contribution in [3.8, 4) is 5.69 Å². The van der Waals surface area contributed by atoms with Gasteiger partial charge in [0.25, 0.3) is 0 Å². The Labute approximate surface area is 155 Å². The second-order valence-corrected chi connectivity index (χ2v) is 6.37. The zero-order valence-corrected chi connectivity index (χ0v) is 14.6. The summed E-state index contributed by atoms with van der Waals surface area (Å²) < 4.78 is 1.64. The summed E-state index contributed by atoms with van der Waals surface area (Å²) in [6, 6.07) is 13.9. The predicted molar refractivity (Wildman–Crippen MR) is 98.8 cm³/mol. The minimum atomic E-state index is -0.212. The first kappa shape index (κ1) is 16.9. The van der Waals surface area contributed by atoms with Crippen molar-refractivity contribution in [2.45, 2.75) is 6.54 Å². The number of carbonyl (C=O) groups is 2. The number of nitrogens with one attached hydrogen (secondary N) is 1. The first-order valence-corrected chi connectivity index (χ1v) is 8.62.